The Balaban J connectivity index is 3.11. The van der Waals surface area contributed by atoms with E-state index >= 15 is 0 Å². The monoisotopic (exact) mass is 283 g/mol. The molecule has 0 N–H and O–H groups in total. The molecule has 2 nitrogen and oxygen atoms in total. The summed E-state index contributed by atoms with van der Waals surface area (Å²) in [6.45, 7) is 0.672. The Morgan fingerprint density at radius 3 is 2.16 bits per heavy atom. The van der Waals surface area contributed by atoms with Gasteiger partial charge in [-0.15, -0.1) is 0 Å². The van der Waals surface area contributed by atoms with E-state index in [0.29, 0.717) is 13.0 Å². The van der Waals surface area contributed by atoms with Gasteiger partial charge in [-0.05, 0) is 25.1 Å². The highest BCUT2D eigenvalue weighted by Crippen LogP contribution is 2.35. The van der Waals surface area contributed by atoms with Crippen LogP contribution in [-0.4, -0.2) is 12.3 Å². The third-order valence-corrected chi connectivity index (χ3v) is 2.19. The fourth-order valence-corrected chi connectivity index (χ4v) is 1.20. The van der Waals surface area contributed by atoms with Crippen LogP contribution < -0.4 is 4.74 Å². The minimum Gasteiger partial charge on any atom is -0.481 e. The van der Waals surface area contributed by atoms with Gasteiger partial charge in [-0.2, -0.15) is 31.6 Å². The number of nitriles is 1. The Kier molecular flexibility index (Phi) is 3.98. The van der Waals surface area contributed by atoms with E-state index in [1.807, 2.05) is 0 Å². The Bertz CT molecular complexity index is 499. The Labute approximate surface area is 104 Å². The molecule has 1 atom stereocenters. The summed E-state index contributed by atoms with van der Waals surface area (Å²) in [6.07, 6.45) is -11.8. The van der Waals surface area contributed by atoms with E-state index < -0.39 is 35.3 Å². The van der Waals surface area contributed by atoms with Crippen molar-refractivity contribution in [1.82, 2.24) is 0 Å². The smallest absolute Gasteiger partial charge is 0.425 e. The average Bonchev–Trinajstić information content (AvgIpc) is 2.26. The van der Waals surface area contributed by atoms with Gasteiger partial charge in [0.1, 0.15) is 5.75 Å². The molecule has 104 valence electrons. The lowest BCUT2D eigenvalue weighted by Crippen LogP contribution is -2.31. The van der Waals surface area contributed by atoms with E-state index in [0.717, 1.165) is 12.1 Å². The minimum atomic E-state index is -4.84. The van der Waals surface area contributed by atoms with Crippen LogP contribution in [0.1, 0.15) is 18.1 Å². The summed E-state index contributed by atoms with van der Waals surface area (Å²) < 4.78 is 78.7. The lowest BCUT2D eigenvalue weighted by molar-refractivity contribution is -0.189. The maximum atomic E-state index is 12.6. The summed E-state index contributed by atoms with van der Waals surface area (Å²) in [5.41, 5.74) is -2.01. The standard InChI is InChI=1S/C11H7F6NO/c1-6(10(12,13)14)19-8-3-2-7(5-18)9(4-8)11(15,16)17/h2-4,6H,1H3. The highest BCUT2D eigenvalue weighted by molar-refractivity contribution is 5.44. The molecule has 19 heavy (non-hydrogen) atoms. The number of hydrogen-bond acceptors (Lipinski definition) is 2. The molecule has 0 aliphatic heterocycles. The SMILES string of the molecule is CC(Oc1ccc(C#N)c(C(F)(F)F)c1)C(F)(F)F. The molecular weight excluding hydrogens is 276 g/mol. The predicted molar refractivity (Wildman–Crippen MR) is 52.3 cm³/mol. The Morgan fingerprint density at radius 1 is 1.16 bits per heavy atom. The van der Waals surface area contributed by atoms with Crippen LogP contribution in [-0.2, 0) is 6.18 Å². The molecular formula is C11H7F6NO. The van der Waals surface area contributed by atoms with Gasteiger partial charge in [0, 0.05) is 0 Å². The average molecular weight is 283 g/mol. The lowest BCUT2D eigenvalue weighted by Gasteiger charge is -2.18. The van der Waals surface area contributed by atoms with Crippen LogP contribution in [0, 0.1) is 11.3 Å². The molecule has 0 aliphatic rings. The first-order valence-corrected chi connectivity index (χ1v) is 4.90. The van der Waals surface area contributed by atoms with E-state index in [2.05, 4.69) is 4.74 Å². The minimum absolute atomic E-state index is 0.376. The van der Waals surface area contributed by atoms with Crippen molar-refractivity contribution >= 4 is 0 Å². The predicted octanol–water partition coefficient (Wildman–Crippen LogP) is 3.91. The molecule has 1 aromatic rings. The molecule has 0 heterocycles. The van der Waals surface area contributed by atoms with E-state index in [1.54, 1.807) is 0 Å². The molecule has 0 aliphatic carbocycles. The highest BCUT2D eigenvalue weighted by Gasteiger charge is 2.39. The summed E-state index contributed by atoms with van der Waals surface area (Å²) >= 11 is 0. The molecule has 0 fully saturated rings. The van der Waals surface area contributed by atoms with Gasteiger partial charge in [-0.25, -0.2) is 0 Å². The summed E-state index contributed by atoms with van der Waals surface area (Å²) in [7, 11) is 0. The van der Waals surface area contributed by atoms with Crippen LogP contribution in [0.4, 0.5) is 26.3 Å². The van der Waals surface area contributed by atoms with Gasteiger partial charge in [-0.3, -0.25) is 0 Å². The molecule has 0 saturated carbocycles. The Morgan fingerprint density at radius 2 is 1.74 bits per heavy atom. The second-order valence-electron chi connectivity index (χ2n) is 3.62. The number of nitrogens with zero attached hydrogens (tertiary/aromatic N) is 1. The summed E-state index contributed by atoms with van der Waals surface area (Å²) in [5, 5.41) is 8.51. The first-order chi connectivity index (χ1) is 8.55. The van der Waals surface area contributed by atoms with Crippen LogP contribution in [0.3, 0.4) is 0 Å². The van der Waals surface area contributed by atoms with Crippen LogP contribution in [0.25, 0.3) is 0 Å². The van der Waals surface area contributed by atoms with Gasteiger partial charge in [-0.1, -0.05) is 0 Å². The van der Waals surface area contributed by atoms with Gasteiger partial charge in [0.05, 0.1) is 17.2 Å². The molecule has 0 amide bonds. The normalized spacial score (nSPS) is 13.8. The van der Waals surface area contributed by atoms with Gasteiger partial charge < -0.3 is 4.74 Å². The zero-order valence-corrected chi connectivity index (χ0v) is 9.43. The molecule has 1 rings (SSSR count). The van der Waals surface area contributed by atoms with Crippen molar-refractivity contribution in [3.05, 3.63) is 29.3 Å². The van der Waals surface area contributed by atoms with E-state index in [-0.39, 0.29) is 0 Å². The number of benzene rings is 1. The van der Waals surface area contributed by atoms with Crippen LogP contribution in [0.15, 0.2) is 18.2 Å². The quantitative estimate of drug-likeness (QED) is 0.771. The zero-order chi connectivity index (χ0) is 14.8. The van der Waals surface area contributed by atoms with Crippen LogP contribution >= 0.6 is 0 Å². The number of hydrogen-bond donors (Lipinski definition) is 0. The van der Waals surface area contributed by atoms with E-state index in [9.17, 15) is 26.3 Å². The number of alkyl halides is 6. The van der Waals surface area contributed by atoms with Gasteiger partial charge in [0.25, 0.3) is 0 Å². The first kappa shape index (κ1) is 15.1. The summed E-state index contributed by atoms with van der Waals surface area (Å²) in [4.78, 5) is 0. The highest BCUT2D eigenvalue weighted by atomic mass is 19.4. The second-order valence-corrected chi connectivity index (χ2v) is 3.62. The summed E-state index contributed by atoms with van der Waals surface area (Å²) in [6, 6.07) is 3.34. The van der Waals surface area contributed by atoms with Crippen molar-refractivity contribution in [2.45, 2.75) is 25.4 Å². The number of halogens is 6. The number of ether oxygens (including phenoxy) is 1. The fourth-order valence-electron chi connectivity index (χ4n) is 1.20. The second kappa shape index (κ2) is 4.99. The third kappa shape index (κ3) is 3.77. The van der Waals surface area contributed by atoms with Crippen LogP contribution in [0.2, 0.25) is 0 Å². The van der Waals surface area contributed by atoms with Gasteiger partial charge in [0.2, 0.25) is 0 Å². The molecule has 0 saturated heterocycles. The van der Waals surface area contributed by atoms with Crippen molar-refractivity contribution in [3.63, 3.8) is 0 Å². The third-order valence-electron chi connectivity index (χ3n) is 2.19. The van der Waals surface area contributed by atoms with Crippen molar-refractivity contribution in [2.24, 2.45) is 0 Å². The maximum Gasteiger partial charge on any atom is 0.425 e. The molecule has 0 spiro atoms. The zero-order valence-electron chi connectivity index (χ0n) is 9.43. The van der Waals surface area contributed by atoms with Crippen molar-refractivity contribution < 1.29 is 31.1 Å². The fraction of sp³-hybridized carbons (Fsp3) is 0.364. The van der Waals surface area contributed by atoms with Crippen molar-refractivity contribution in [1.29, 1.82) is 5.26 Å². The van der Waals surface area contributed by atoms with Crippen molar-refractivity contribution in [2.75, 3.05) is 0 Å². The maximum absolute atomic E-state index is 12.6. The van der Waals surface area contributed by atoms with Gasteiger partial charge >= 0.3 is 12.4 Å². The van der Waals surface area contributed by atoms with Gasteiger partial charge in [0.15, 0.2) is 6.10 Å². The molecule has 8 heteroatoms. The van der Waals surface area contributed by atoms with E-state index in [4.69, 9.17) is 5.26 Å². The molecule has 0 radical (unpaired) electrons. The topological polar surface area (TPSA) is 33.0 Å². The summed E-state index contributed by atoms with van der Waals surface area (Å²) in [5.74, 6) is -0.601. The lowest BCUT2D eigenvalue weighted by atomic mass is 10.1. The van der Waals surface area contributed by atoms with Crippen LogP contribution in [0.5, 0.6) is 5.75 Å². The first-order valence-electron chi connectivity index (χ1n) is 4.90. The molecule has 0 bridgehead atoms. The van der Waals surface area contributed by atoms with Crippen molar-refractivity contribution in [3.8, 4) is 11.8 Å². The molecule has 0 aromatic heterocycles. The largest absolute Gasteiger partial charge is 0.481 e. The number of rotatable bonds is 2. The van der Waals surface area contributed by atoms with E-state index in [1.165, 1.54) is 6.07 Å². The molecule has 1 aromatic carbocycles. The Hall–Kier alpha value is -1.91. The molecule has 1 unspecified atom stereocenters.